The first-order chi connectivity index (χ1) is 15.7. The van der Waals surface area contributed by atoms with Crippen molar-refractivity contribution in [3.05, 3.63) is 95.1 Å². The normalized spacial score (nSPS) is 15.4. The Morgan fingerprint density at radius 2 is 1.84 bits per heavy atom. The molecule has 1 aliphatic carbocycles. The summed E-state index contributed by atoms with van der Waals surface area (Å²) < 4.78 is 7.80. The zero-order valence-corrected chi connectivity index (χ0v) is 18.5. The zero-order chi connectivity index (χ0) is 21.9. The van der Waals surface area contributed by atoms with Gasteiger partial charge in [-0.05, 0) is 80.1 Å². The molecule has 0 radical (unpaired) electrons. The van der Waals surface area contributed by atoms with Crippen LogP contribution in [0.25, 0.3) is 5.69 Å². The standard InChI is InChI=1S/C26H27N5O/c1-18-7-10-21(15-19(18)2)31-25-6-3-5-24(23(25)17-30-31)29-16-20-8-11-22(12-9-20)32-26-27-13-4-14-28-26/h4,7-15,17,24,29H,3,5-6,16H2,1-2H3. The van der Waals surface area contributed by atoms with Gasteiger partial charge in [0.05, 0.1) is 11.9 Å². The second-order valence-electron chi connectivity index (χ2n) is 8.33. The summed E-state index contributed by atoms with van der Waals surface area (Å²) in [5, 5.41) is 8.47. The molecule has 162 valence electrons. The van der Waals surface area contributed by atoms with E-state index in [0.29, 0.717) is 12.1 Å². The molecule has 2 aromatic carbocycles. The highest BCUT2D eigenvalue weighted by molar-refractivity contribution is 5.42. The molecule has 0 saturated heterocycles. The van der Waals surface area contributed by atoms with Crippen LogP contribution in [0, 0.1) is 13.8 Å². The van der Waals surface area contributed by atoms with E-state index in [1.165, 1.54) is 27.9 Å². The quantitative estimate of drug-likeness (QED) is 0.458. The summed E-state index contributed by atoms with van der Waals surface area (Å²) in [5.41, 5.74) is 7.60. The second-order valence-corrected chi connectivity index (χ2v) is 8.33. The van der Waals surface area contributed by atoms with E-state index >= 15 is 0 Å². The number of ether oxygens (including phenoxy) is 1. The van der Waals surface area contributed by atoms with Crippen molar-refractivity contribution in [1.29, 1.82) is 0 Å². The topological polar surface area (TPSA) is 64.9 Å². The molecule has 32 heavy (non-hydrogen) atoms. The lowest BCUT2D eigenvalue weighted by atomic mass is 9.92. The smallest absolute Gasteiger partial charge is 0.321 e. The van der Waals surface area contributed by atoms with Gasteiger partial charge in [0, 0.05) is 36.2 Å². The van der Waals surface area contributed by atoms with E-state index in [0.717, 1.165) is 37.2 Å². The number of fused-ring (bicyclic) bond motifs is 1. The van der Waals surface area contributed by atoms with Crippen molar-refractivity contribution in [2.45, 2.75) is 45.7 Å². The predicted octanol–water partition coefficient (Wildman–Crippen LogP) is 5.24. The monoisotopic (exact) mass is 425 g/mol. The van der Waals surface area contributed by atoms with Crippen molar-refractivity contribution >= 4 is 0 Å². The van der Waals surface area contributed by atoms with Gasteiger partial charge in [-0.15, -0.1) is 0 Å². The van der Waals surface area contributed by atoms with Crippen LogP contribution in [0.5, 0.6) is 11.8 Å². The summed E-state index contributed by atoms with van der Waals surface area (Å²) in [4.78, 5) is 8.19. The molecule has 6 nitrogen and oxygen atoms in total. The van der Waals surface area contributed by atoms with Gasteiger partial charge in [-0.3, -0.25) is 0 Å². The summed E-state index contributed by atoms with van der Waals surface area (Å²) in [5.74, 6) is 0.731. The van der Waals surface area contributed by atoms with Crippen molar-refractivity contribution in [3.63, 3.8) is 0 Å². The fourth-order valence-electron chi connectivity index (χ4n) is 4.21. The minimum absolute atomic E-state index is 0.313. The first-order valence-electron chi connectivity index (χ1n) is 11.1. The average molecular weight is 426 g/mol. The van der Waals surface area contributed by atoms with E-state index in [1.807, 2.05) is 18.3 Å². The van der Waals surface area contributed by atoms with Crippen LogP contribution in [0.15, 0.2) is 67.1 Å². The zero-order valence-electron chi connectivity index (χ0n) is 18.5. The minimum Gasteiger partial charge on any atom is -0.424 e. The van der Waals surface area contributed by atoms with E-state index in [4.69, 9.17) is 9.84 Å². The molecule has 6 heteroatoms. The van der Waals surface area contributed by atoms with Gasteiger partial charge in [-0.2, -0.15) is 5.10 Å². The van der Waals surface area contributed by atoms with Crippen LogP contribution in [0.1, 0.15) is 46.8 Å². The van der Waals surface area contributed by atoms with Gasteiger partial charge in [0.15, 0.2) is 0 Å². The molecule has 0 amide bonds. The highest BCUT2D eigenvalue weighted by atomic mass is 16.5. The maximum absolute atomic E-state index is 5.68. The molecular formula is C26H27N5O. The van der Waals surface area contributed by atoms with Crippen LogP contribution in [0.4, 0.5) is 0 Å². The van der Waals surface area contributed by atoms with Crippen molar-refractivity contribution in [3.8, 4) is 17.4 Å². The summed E-state index contributed by atoms with van der Waals surface area (Å²) in [6.45, 7) is 5.09. The molecule has 0 bridgehead atoms. The maximum atomic E-state index is 5.68. The molecule has 1 unspecified atom stereocenters. The van der Waals surface area contributed by atoms with Gasteiger partial charge in [0.1, 0.15) is 5.75 Å². The number of nitrogens with one attached hydrogen (secondary N) is 1. The second kappa shape index (κ2) is 8.93. The molecule has 0 spiro atoms. The van der Waals surface area contributed by atoms with E-state index in [-0.39, 0.29) is 0 Å². The van der Waals surface area contributed by atoms with Crippen molar-refractivity contribution in [2.24, 2.45) is 0 Å². The van der Waals surface area contributed by atoms with Crippen LogP contribution in [-0.2, 0) is 13.0 Å². The van der Waals surface area contributed by atoms with Gasteiger partial charge < -0.3 is 10.1 Å². The Bertz CT molecular complexity index is 1200. The molecule has 1 atom stereocenters. The number of aromatic nitrogens is 4. The lowest BCUT2D eigenvalue weighted by molar-refractivity contribution is 0.440. The number of benzene rings is 2. The highest BCUT2D eigenvalue weighted by Crippen LogP contribution is 2.31. The van der Waals surface area contributed by atoms with Crippen molar-refractivity contribution in [2.75, 3.05) is 0 Å². The van der Waals surface area contributed by atoms with Crippen LogP contribution < -0.4 is 10.1 Å². The molecule has 2 aromatic heterocycles. The van der Waals surface area contributed by atoms with E-state index in [2.05, 4.69) is 64.1 Å². The van der Waals surface area contributed by atoms with Crippen molar-refractivity contribution in [1.82, 2.24) is 25.1 Å². The van der Waals surface area contributed by atoms with Crippen LogP contribution >= 0.6 is 0 Å². The third kappa shape index (κ3) is 4.27. The summed E-state index contributed by atoms with van der Waals surface area (Å²) in [6.07, 6.45) is 8.72. The Balaban J connectivity index is 1.26. The third-order valence-electron chi connectivity index (χ3n) is 6.15. The molecule has 2 heterocycles. The molecule has 4 aromatic rings. The van der Waals surface area contributed by atoms with Crippen LogP contribution in [0.3, 0.4) is 0 Å². The Hall–Kier alpha value is -3.51. The van der Waals surface area contributed by atoms with E-state index in [9.17, 15) is 0 Å². The number of hydrogen-bond acceptors (Lipinski definition) is 5. The number of aryl methyl sites for hydroxylation is 2. The number of nitrogens with zero attached hydrogens (tertiary/aromatic N) is 4. The fraction of sp³-hybridized carbons (Fsp3) is 0.269. The Labute approximate surface area is 188 Å². The van der Waals surface area contributed by atoms with Gasteiger partial charge in [0.2, 0.25) is 0 Å². The van der Waals surface area contributed by atoms with E-state index < -0.39 is 0 Å². The number of rotatable bonds is 6. The lowest BCUT2D eigenvalue weighted by Gasteiger charge is -2.24. The largest absolute Gasteiger partial charge is 0.424 e. The minimum atomic E-state index is 0.313. The summed E-state index contributed by atoms with van der Waals surface area (Å²) in [7, 11) is 0. The van der Waals surface area contributed by atoms with Crippen molar-refractivity contribution < 1.29 is 4.74 Å². The lowest BCUT2D eigenvalue weighted by Crippen LogP contribution is -2.25. The SMILES string of the molecule is Cc1ccc(-n2ncc3c2CCCC3NCc2ccc(Oc3ncccn3)cc2)cc1C. The Morgan fingerprint density at radius 3 is 2.62 bits per heavy atom. The van der Waals surface area contributed by atoms with Crippen LogP contribution in [0.2, 0.25) is 0 Å². The van der Waals surface area contributed by atoms with Gasteiger partial charge in [-0.1, -0.05) is 18.2 Å². The van der Waals surface area contributed by atoms with E-state index in [1.54, 1.807) is 18.5 Å². The molecule has 0 saturated carbocycles. The molecule has 1 N–H and O–H groups in total. The molecule has 0 aliphatic heterocycles. The molecule has 5 rings (SSSR count). The predicted molar refractivity (Wildman–Crippen MR) is 124 cm³/mol. The molecule has 0 fully saturated rings. The highest BCUT2D eigenvalue weighted by Gasteiger charge is 2.24. The molecule has 1 aliphatic rings. The molecular weight excluding hydrogens is 398 g/mol. The average Bonchev–Trinajstić information content (AvgIpc) is 3.26. The Kier molecular flexibility index (Phi) is 5.69. The maximum Gasteiger partial charge on any atom is 0.321 e. The summed E-state index contributed by atoms with van der Waals surface area (Å²) >= 11 is 0. The Morgan fingerprint density at radius 1 is 1.03 bits per heavy atom. The van der Waals surface area contributed by atoms with Gasteiger partial charge in [-0.25, -0.2) is 14.6 Å². The van der Waals surface area contributed by atoms with Gasteiger partial charge >= 0.3 is 6.01 Å². The first-order valence-corrected chi connectivity index (χ1v) is 11.1. The fourth-order valence-corrected chi connectivity index (χ4v) is 4.21. The third-order valence-corrected chi connectivity index (χ3v) is 6.15. The number of hydrogen-bond donors (Lipinski definition) is 1. The summed E-state index contributed by atoms with van der Waals surface area (Å²) in [6, 6.07) is 17.1. The first kappa shape index (κ1) is 20.4. The van der Waals surface area contributed by atoms with Gasteiger partial charge in [0.25, 0.3) is 0 Å². The van der Waals surface area contributed by atoms with Crippen LogP contribution in [-0.4, -0.2) is 19.7 Å².